The van der Waals surface area contributed by atoms with Gasteiger partial charge in [-0.3, -0.25) is 9.58 Å². The maximum absolute atomic E-state index is 9.08. The van der Waals surface area contributed by atoms with Gasteiger partial charge in [0.1, 0.15) is 0 Å². The second-order valence-corrected chi connectivity index (χ2v) is 6.35. The summed E-state index contributed by atoms with van der Waals surface area (Å²) in [5, 5.41) is 17.2. The van der Waals surface area contributed by atoms with Crippen LogP contribution in [0.1, 0.15) is 45.0 Å². The second kappa shape index (κ2) is 7.40. The minimum Gasteiger partial charge on any atom is -0.411 e. The fraction of sp³-hybridized carbons (Fsp3) is 0.733. The van der Waals surface area contributed by atoms with E-state index < -0.39 is 0 Å². The molecule has 1 aliphatic rings. The number of nitrogens with zero attached hydrogens (tertiary/aromatic N) is 4. The maximum Gasteiger partial charge on any atom is 0.0767 e. The van der Waals surface area contributed by atoms with E-state index >= 15 is 0 Å². The molecule has 1 aliphatic heterocycles. The zero-order valence-corrected chi connectivity index (χ0v) is 14.7. The molecular formula is C15H25BrN4O. The van der Waals surface area contributed by atoms with Crippen molar-refractivity contribution in [1.29, 1.82) is 0 Å². The predicted molar refractivity (Wildman–Crippen MR) is 87.9 cm³/mol. The van der Waals surface area contributed by atoms with E-state index in [1.165, 1.54) is 5.69 Å². The second-order valence-electron chi connectivity index (χ2n) is 5.56. The third-order valence-electron chi connectivity index (χ3n) is 4.32. The van der Waals surface area contributed by atoms with E-state index in [2.05, 4.69) is 56.5 Å². The molecule has 1 fully saturated rings. The Kier molecular flexibility index (Phi) is 5.81. The van der Waals surface area contributed by atoms with E-state index in [4.69, 9.17) is 5.21 Å². The van der Waals surface area contributed by atoms with Gasteiger partial charge in [-0.15, -0.1) is 0 Å². The number of piperidine rings is 1. The molecule has 0 amide bonds. The first-order valence-corrected chi connectivity index (χ1v) is 8.60. The highest BCUT2D eigenvalue weighted by Gasteiger charge is 2.26. The Morgan fingerprint density at radius 2 is 2.14 bits per heavy atom. The molecule has 2 heterocycles. The fourth-order valence-electron chi connectivity index (χ4n) is 3.01. The molecule has 0 radical (unpaired) electrons. The van der Waals surface area contributed by atoms with E-state index in [-0.39, 0.29) is 0 Å². The van der Waals surface area contributed by atoms with E-state index in [1.54, 1.807) is 0 Å². The molecule has 0 aromatic carbocycles. The molecular weight excluding hydrogens is 332 g/mol. The Bertz CT molecular complexity index is 512. The van der Waals surface area contributed by atoms with Crippen LogP contribution in [0.5, 0.6) is 0 Å². The summed E-state index contributed by atoms with van der Waals surface area (Å²) in [6.45, 7) is 10.1. The van der Waals surface area contributed by atoms with Gasteiger partial charge in [-0.05, 0) is 35.7 Å². The molecule has 0 aliphatic carbocycles. The number of hydrogen-bond acceptors (Lipinski definition) is 4. The zero-order chi connectivity index (χ0) is 15.4. The highest BCUT2D eigenvalue weighted by molar-refractivity contribution is 9.10. The van der Waals surface area contributed by atoms with Crippen LogP contribution in [0.2, 0.25) is 0 Å². The predicted octanol–water partition coefficient (Wildman–Crippen LogP) is 3.29. The van der Waals surface area contributed by atoms with Crippen LogP contribution in [-0.4, -0.2) is 38.7 Å². The lowest BCUT2D eigenvalue weighted by Gasteiger charge is -2.32. The van der Waals surface area contributed by atoms with Crippen molar-refractivity contribution in [2.75, 3.05) is 13.1 Å². The summed E-state index contributed by atoms with van der Waals surface area (Å²) in [4.78, 5) is 2.44. The standard InChI is InChI=1S/C15H25BrN4O/c1-4-11-9-19(8-7-13(11)18-21)10-14-15(16)12(5-2)17-20(14)6-3/h11,21H,4-10H2,1-3H3. The highest BCUT2D eigenvalue weighted by Crippen LogP contribution is 2.26. The van der Waals surface area contributed by atoms with Gasteiger partial charge in [-0.1, -0.05) is 19.0 Å². The zero-order valence-electron chi connectivity index (χ0n) is 13.1. The van der Waals surface area contributed by atoms with Gasteiger partial charge >= 0.3 is 0 Å². The summed E-state index contributed by atoms with van der Waals surface area (Å²) in [6.07, 6.45) is 2.82. The normalized spacial score (nSPS) is 22.1. The van der Waals surface area contributed by atoms with Crippen molar-refractivity contribution in [2.24, 2.45) is 11.1 Å². The molecule has 118 valence electrons. The molecule has 1 N–H and O–H groups in total. The van der Waals surface area contributed by atoms with Crippen molar-refractivity contribution in [1.82, 2.24) is 14.7 Å². The van der Waals surface area contributed by atoms with Crippen molar-refractivity contribution in [3.63, 3.8) is 0 Å². The lowest BCUT2D eigenvalue weighted by atomic mass is 9.93. The molecule has 1 aromatic rings. The van der Waals surface area contributed by atoms with Crippen LogP contribution in [0.15, 0.2) is 9.63 Å². The molecule has 0 saturated carbocycles. The van der Waals surface area contributed by atoms with Gasteiger partial charge in [-0.2, -0.15) is 5.10 Å². The molecule has 1 atom stereocenters. The van der Waals surface area contributed by atoms with Crippen LogP contribution < -0.4 is 0 Å². The Morgan fingerprint density at radius 1 is 1.38 bits per heavy atom. The summed E-state index contributed by atoms with van der Waals surface area (Å²) >= 11 is 3.71. The summed E-state index contributed by atoms with van der Waals surface area (Å²) in [6, 6.07) is 0. The number of oxime groups is 1. The minimum atomic E-state index is 0.367. The largest absolute Gasteiger partial charge is 0.411 e. The number of aryl methyl sites for hydroxylation is 2. The van der Waals surface area contributed by atoms with Crippen molar-refractivity contribution in [3.05, 3.63) is 15.9 Å². The molecule has 21 heavy (non-hydrogen) atoms. The Hall–Kier alpha value is -0.880. The van der Waals surface area contributed by atoms with Crippen molar-refractivity contribution in [2.45, 2.75) is 53.1 Å². The van der Waals surface area contributed by atoms with Crippen molar-refractivity contribution in [3.8, 4) is 0 Å². The molecule has 0 bridgehead atoms. The SMILES string of the molecule is CCc1nn(CC)c(CN2CCC(=NO)C(CC)C2)c1Br. The average Bonchev–Trinajstić information content (AvgIpc) is 2.83. The third-order valence-corrected chi connectivity index (χ3v) is 5.24. The van der Waals surface area contributed by atoms with Gasteiger partial charge in [0.25, 0.3) is 0 Å². The molecule has 1 saturated heterocycles. The van der Waals surface area contributed by atoms with Gasteiger partial charge in [0.05, 0.1) is 21.6 Å². The summed E-state index contributed by atoms with van der Waals surface area (Å²) in [5.41, 5.74) is 3.34. The van der Waals surface area contributed by atoms with Crippen LogP contribution >= 0.6 is 15.9 Å². The lowest BCUT2D eigenvalue weighted by Crippen LogP contribution is -2.40. The van der Waals surface area contributed by atoms with Crippen molar-refractivity contribution < 1.29 is 5.21 Å². The number of halogens is 1. The first kappa shape index (κ1) is 16.5. The summed E-state index contributed by atoms with van der Waals surface area (Å²) in [5.74, 6) is 0.367. The topological polar surface area (TPSA) is 53.7 Å². The fourth-order valence-corrected chi connectivity index (χ4v) is 3.69. The Labute approximate surface area is 135 Å². The number of aromatic nitrogens is 2. The van der Waals surface area contributed by atoms with Gasteiger partial charge in [0, 0.05) is 38.5 Å². The first-order chi connectivity index (χ1) is 10.1. The molecule has 0 spiro atoms. The Balaban J connectivity index is 2.14. The molecule has 1 unspecified atom stereocenters. The molecule has 1 aromatic heterocycles. The van der Waals surface area contributed by atoms with Crippen molar-refractivity contribution >= 4 is 21.6 Å². The monoisotopic (exact) mass is 356 g/mol. The molecule has 2 rings (SSSR count). The summed E-state index contributed by atoms with van der Waals surface area (Å²) < 4.78 is 3.25. The number of likely N-dealkylation sites (tertiary alicyclic amines) is 1. The first-order valence-electron chi connectivity index (χ1n) is 7.81. The van der Waals surface area contributed by atoms with Crippen LogP contribution in [0, 0.1) is 5.92 Å². The molecule has 5 nitrogen and oxygen atoms in total. The molecule has 6 heteroatoms. The van der Waals surface area contributed by atoms with Crippen LogP contribution in [0.25, 0.3) is 0 Å². The lowest BCUT2D eigenvalue weighted by molar-refractivity contribution is 0.214. The van der Waals surface area contributed by atoms with E-state index in [9.17, 15) is 0 Å². The van der Waals surface area contributed by atoms with Crippen LogP contribution in [0.4, 0.5) is 0 Å². The smallest absolute Gasteiger partial charge is 0.0767 e. The van der Waals surface area contributed by atoms with Gasteiger partial charge in [0.15, 0.2) is 0 Å². The number of hydrogen-bond donors (Lipinski definition) is 1. The Morgan fingerprint density at radius 3 is 2.71 bits per heavy atom. The van der Waals surface area contributed by atoms with E-state index in [0.717, 1.165) is 61.3 Å². The van der Waals surface area contributed by atoms with E-state index in [0.29, 0.717) is 5.92 Å². The van der Waals surface area contributed by atoms with E-state index in [1.807, 2.05) is 0 Å². The van der Waals surface area contributed by atoms with Crippen LogP contribution in [-0.2, 0) is 19.5 Å². The minimum absolute atomic E-state index is 0.367. The highest BCUT2D eigenvalue weighted by atomic mass is 79.9. The number of rotatable bonds is 5. The van der Waals surface area contributed by atoms with Gasteiger partial charge < -0.3 is 5.21 Å². The van der Waals surface area contributed by atoms with Crippen LogP contribution in [0.3, 0.4) is 0 Å². The van der Waals surface area contributed by atoms with Gasteiger partial charge in [-0.25, -0.2) is 0 Å². The maximum atomic E-state index is 9.08. The van der Waals surface area contributed by atoms with Gasteiger partial charge in [0.2, 0.25) is 0 Å². The summed E-state index contributed by atoms with van der Waals surface area (Å²) in [7, 11) is 0. The average molecular weight is 357 g/mol. The third kappa shape index (κ3) is 3.48. The quantitative estimate of drug-likeness (QED) is 0.650.